The molecule has 0 atom stereocenters. The van der Waals surface area contributed by atoms with Gasteiger partial charge in [0.25, 0.3) is 5.91 Å². The van der Waals surface area contributed by atoms with Crippen molar-refractivity contribution in [3.63, 3.8) is 0 Å². The van der Waals surface area contributed by atoms with E-state index in [9.17, 15) is 14.3 Å². The maximum absolute atomic E-state index is 14.9. The number of halogens is 1. The Balaban J connectivity index is 1.64. The maximum atomic E-state index is 14.9. The first-order valence-corrected chi connectivity index (χ1v) is 9.93. The first-order valence-electron chi connectivity index (χ1n) is 9.93. The van der Waals surface area contributed by atoms with E-state index in [1.807, 2.05) is 29.9 Å². The number of aliphatic hydroxyl groups is 1. The summed E-state index contributed by atoms with van der Waals surface area (Å²) in [5.74, 6) is -0.669. The van der Waals surface area contributed by atoms with Crippen molar-refractivity contribution in [2.45, 2.75) is 26.0 Å². The molecular formula is C23H24FN5O2. The van der Waals surface area contributed by atoms with Crippen LogP contribution in [-0.2, 0) is 13.6 Å². The number of hydrogen-bond donors (Lipinski definition) is 2. The van der Waals surface area contributed by atoms with Gasteiger partial charge in [-0.2, -0.15) is 5.10 Å². The van der Waals surface area contributed by atoms with Crippen LogP contribution in [0.3, 0.4) is 0 Å². The van der Waals surface area contributed by atoms with Gasteiger partial charge >= 0.3 is 0 Å². The van der Waals surface area contributed by atoms with Crippen LogP contribution < -0.4 is 5.32 Å². The van der Waals surface area contributed by atoms with Gasteiger partial charge in [-0.15, -0.1) is 0 Å². The van der Waals surface area contributed by atoms with E-state index < -0.39 is 5.60 Å². The van der Waals surface area contributed by atoms with Crippen LogP contribution in [0.25, 0.3) is 22.2 Å². The Morgan fingerprint density at radius 3 is 2.71 bits per heavy atom. The van der Waals surface area contributed by atoms with Crippen molar-refractivity contribution in [3.8, 4) is 11.1 Å². The minimum absolute atomic E-state index is 0.107. The van der Waals surface area contributed by atoms with Crippen LogP contribution in [0.1, 0.15) is 29.8 Å². The lowest BCUT2D eigenvalue weighted by molar-refractivity contribution is 0.0695. The molecule has 3 aromatic heterocycles. The lowest BCUT2D eigenvalue weighted by Gasteiger charge is -2.17. The van der Waals surface area contributed by atoms with Crippen molar-refractivity contribution in [1.29, 1.82) is 0 Å². The van der Waals surface area contributed by atoms with Crippen molar-refractivity contribution in [2.24, 2.45) is 7.05 Å². The summed E-state index contributed by atoms with van der Waals surface area (Å²) >= 11 is 0. The highest BCUT2D eigenvalue weighted by Crippen LogP contribution is 2.24. The Morgan fingerprint density at radius 2 is 2.03 bits per heavy atom. The van der Waals surface area contributed by atoms with E-state index in [0.29, 0.717) is 16.6 Å². The third-order valence-corrected chi connectivity index (χ3v) is 4.99. The zero-order valence-electron chi connectivity index (χ0n) is 17.6. The third-order valence-electron chi connectivity index (χ3n) is 4.99. The van der Waals surface area contributed by atoms with Crippen LogP contribution in [0.2, 0.25) is 0 Å². The monoisotopic (exact) mass is 421 g/mol. The molecule has 31 heavy (non-hydrogen) atoms. The number of aromatic nitrogens is 4. The van der Waals surface area contributed by atoms with Crippen molar-refractivity contribution in [1.82, 2.24) is 24.6 Å². The number of benzene rings is 1. The van der Waals surface area contributed by atoms with E-state index in [4.69, 9.17) is 0 Å². The number of hydrogen-bond acceptors (Lipinski definition) is 4. The fourth-order valence-electron chi connectivity index (χ4n) is 3.42. The average Bonchev–Trinajstić information content (AvgIpc) is 3.31. The smallest absolute Gasteiger partial charge is 0.255 e. The lowest BCUT2D eigenvalue weighted by Crippen LogP contribution is -2.38. The van der Waals surface area contributed by atoms with Crippen molar-refractivity contribution in [2.75, 3.05) is 6.54 Å². The second-order valence-corrected chi connectivity index (χ2v) is 8.25. The van der Waals surface area contributed by atoms with Gasteiger partial charge in [0.05, 0.1) is 29.4 Å². The number of carbonyl (C=O) groups excluding carboxylic acids is 1. The average molecular weight is 421 g/mol. The number of carbonyl (C=O) groups is 1. The van der Waals surface area contributed by atoms with E-state index in [0.717, 1.165) is 16.6 Å². The topological polar surface area (TPSA) is 85.0 Å². The summed E-state index contributed by atoms with van der Waals surface area (Å²) in [7, 11) is 1.81. The molecule has 4 aromatic rings. The molecule has 7 nitrogen and oxygen atoms in total. The number of aryl methyl sites for hydroxylation is 1. The highest BCUT2D eigenvalue weighted by molar-refractivity contribution is 6.05. The van der Waals surface area contributed by atoms with Gasteiger partial charge in [-0.3, -0.25) is 14.5 Å². The van der Waals surface area contributed by atoms with E-state index >= 15 is 0 Å². The van der Waals surface area contributed by atoms with Gasteiger partial charge in [-0.25, -0.2) is 4.39 Å². The predicted molar refractivity (Wildman–Crippen MR) is 116 cm³/mol. The second kappa shape index (κ2) is 7.96. The van der Waals surface area contributed by atoms with E-state index in [1.54, 1.807) is 49.3 Å². The van der Waals surface area contributed by atoms with Crippen LogP contribution >= 0.6 is 0 Å². The highest BCUT2D eigenvalue weighted by Gasteiger charge is 2.20. The van der Waals surface area contributed by atoms with E-state index in [2.05, 4.69) is 15.4 Å². The molecule has 8 heteroatoms. The van der Waals surface area contributed by atoms with Crippen LogP contribution in [-0.4, -0.2) is 42.5 Å². The molecule has 0 bridgehead atoms. The normalized spacial score (nSPS) is 11.8. The number of amides is 1. The van der Waals surface area contributed by atoms with Crippen LogP contribution in [0.5, 0.6) is 0 Å². The SMILES string of the molecule is Cn1cc(-c2ccc(Cn3cc(C(=O)NCC(C)(C)O)c4ncccc43)c(F)c2)cn1. The minimum Gasteiger partial charge on any atom is -0.389 e. The van der Waals surface area contributed by atoms with E-state index in [-0.39, 0.29) is 24.8 Å². The van der Waals surface area contributed by atoms with Crippen LogP contribution in [0.15, 0.2) is 55.1 Å². The molecule has 0 saturated heterocycles. The number of rotatable bonds is 6. The van der Waals surface area contributed by atoms with Gasteiger partial charge in [-0.05, 0) is 37.6 Å². The van der Waals surface area contributed by atoms with Crippen LogP contribution in [0.4, 0.5) is 4.39 Å². The predicted octanol–water partition coefficient (Wildman–Crippen LogP) is 3.12. The summed E-state index contributed by atoms with van der Waals surface area (Å²) in [6.07, 6.45) is 6.81. The summed E-state index contributed by atoms with van der Waals surface area (Å²) in [6, 6.07) is 8.72. The summed E-state index contributed by atoms with van der Waals surface area (Å²) in [5, 5.41) is 16.7. The molecule has 3 heterocycles. The first kappa shape index (κ1) is 20.7. The summed E-state index contributed by atoms with van der Waals surface area (Å²) in [6.45, 7) is 3.59. The zero-order chi connectivity index (χ0) is 22.2. The standard InChI is InChI=1S/C23H24FN5O2/c1-23(2,31)14-26-22(30)18-13-29(20-5-4-8-25-21(18)20)12-16-7-6-15(9-19(16)24)17-10-27-28(3)11-17/h4-11,13,31H,12,14H2,1-3H3,(H,26,30). The Bertz CT molecular complexity index is 1250. The molecule has 0 unspecified atom stereocenters. The van der Waals surface area contributed by atoms with Gasteiger partial charge in [0.2, 0.25) is 0 Å². The fourth-order valence-corrected chi connectivity index (χ4v) is 3.42. The number of pyridine rings is 1. The zero-order valence-corrected chi connectivity index (χ0v) is 17.6. The summed E-state index contributed by atoms with van der Waals surface area (Å²) in [4.78, 5) is 17.0. The van der Waals surface area contributed by atoms with Gasteiger partial charge < -0.3 is 15.0 Å². The molecule has 0 aliphatic heterocycles. The van der Waals surface area contributed by atoms with E-state index in [1.165, 1.54) is 6.07 Å². The summed E-state index contributed by atoms with van der Waals surface area (Å²) in [5.41, 5.74) is 2.70. The number of fused-ring (bicyclic) bond motifs is 1. The minimum atomic E-state index is -1.03. The molecule has 0 saturated carbocycles. The van der Waals surface area contributed by atoms with Crippen molar-refractivity contribution >= 4 is 16.9 Å². The Hall–Kier alpha value is -3.52. The molecule has 0 aliphatic carbocycles. The van der Waals surface area contributed by atoms with Crippen molar-refractivity contribution < 1.29 is 14.3 Å². The quantitative estimate of drug-likeness (QED) is 0.501. The molecule has 0 radical (unpaired) electrons. The summed E-state index contributed by atoms with van der Waals surface area (Å²) < 4.78 is 18.4. The maximum Gasteiger partial charge on any atom is 0.255 e. The molecular weight excluding hydrogens is 397 g/mol. The molecule has 4 rings (SSSR count). The second-order valence-electron chi connectivity index (χ2n) is 8.25. The first-order chi connectivity index (χ1) is 14.7. The molecule has 0 spiro atoms. The van der Waals surface area contributed by atoms with Gasteiger partial charge in [0, 0.05) is 43.3 Å². The molecule has 0 fully saturated rings. The molecule has 160 valence electrons. The van der Waals surface area contributed by atoms with Gasteiger partial charge in [-0.1, -0.05) is 12.1 Å². The molecule has 2 N–H and O–H groups in total. The fraction of sp³-hybridized carbons (Fsp3) is 0.261. The highest BCUT2D eigenvalue weighted by atomic mass is 19.1. The van der Waals surface area contributed by atoms with Gasteiger partial charge in [0.1, 0.15) is 11.3 Å². The van der Waals surface area contributed by atoms with Crippen LogP contribution in [0, 0.1) is 5.82 Å². The largest absolute Gasteiger partial charge is 0.389 e. The van der Waals surface area contributed by atoms with Gasteiger partial charge in [0.15, 0.2) is 0 Å². The number of nitrogens with one attached hydrogen (secondary N) is 1. The number of nitrogens with zero attached hydrogens (tertiary/aromatic N) is 4. The Morgan fingerprint density at radius 1 is 1.23 bits per heavy atom. The third kappa shape index (κ3) is 4.49. The lowest BCUT2D eigenvalue weighted by atomic mass is 10.1. The Kier molecular flexibility index (Phi) is 5.32. The molecule has 1 amide bonds. The van der Waals surface area contributed by atoms with Crippen molar-refractivity contribution in [3.05, 3.63) is 72.1 Å². The molecule has 1 aromatic carbocycles. The Labute approximate surface area is 179 Å². The molecule has 0 aliphatic rings.